The number of nitrogens with one attached hydrogen (secondary N) is 1. The van der Waals surface area contributed by atoms with E-state index < -0.39 is 12.3 Å². The summed E-state index contributed by atoms with van der Waals surface area (Å²) in [5.74, 6) is -0.991. The quantitative estimate of drug-likeness (QED) is 0.314. The Morgan fingerprint density at radius 3 is 2.33 bits per heavy atom. The molecule has 0 spiro atoms. The van der Waals surface area contributed by atoms with Gasteiger partial charge in [-0.25, -0.2) is 0 Å². The molecule has 3 N–H and O–H groups in total. The molecule has 228 valence electrons. The van der Waals surface area contributed by atoms with Crippen molar-refractivity contribution in [2.75, 3.05) is 18.4 Å². The summed E-state index contributed by atoms with van der Waals surface area (Å²) in [6.45, 7) is 11.4. The van der Waals surface area contributed by atoms with Crippen LogP contribution in [-0.4, -0.2) is 52.2 Å². The number of fused-ring (bicyclic) bond motifs is 2. The number of hydrogen-bond donors (Lipinski definition) is 3. The van der Waals surface area contributed by atoms with Crippen molar-refractivity contribution in [1.82, 2.24) is 4.90 Å². The summed E-state index contributed by atoms with van der Waals surface area (Å²) in [5, 5.41) is 21.2. The standard InChI is InChI=1S/C34H46N2O6/c1-22-28(18-36-21-34(4)17-27(36)16-33(2,3)20-34)41-32(42-31(22)24-10-8-23(19-37)9-11-24)25-12-14-26(15-13-25)35-29(38)6-5-7-30(39)40/h8-15,22,27-28,31-32,37H,5-7,16-21H2,1-4H3,(H,35,38)(H,39,40). The second kappa shape index (κ2) is 12.4. The molecular formula is C34H46N2O6. The van der Waals surface area contributed by atoms with Gasteiger partial charge in [-0.05, 0) is 59.8 Å². The Balaban J connectivity index is 1.33. The maximum Gasteiger partial charge on any atom is 0.303 e. The molecule has 2 aliphatic heterocycles. The van der Waals surface area contributed by atoms with Crippen LogP contribution in [0.1, 0.15) is 95.3 Å². The second-order valence-corrected chi connectivity index (χ2v) is 13.9. The first-order chi connectivity index (χ1) is 19.9. The summed E-state index contributed by atoms with van der Waals surface area (Å²) < 4.78 is 13.4. The minimum Gasteiger partial charge on any atom is -0.481 e. The van der Waals surface area contributed by atoms with E-state index in [4.69, 9.17) is 14.6 Å². The van der Waals surface area contributed by atoms with Crippen LogP contribution >= 0.6 is 0 Å². The summed E-state index contributed by atoms with van der Waals surface area (Å²) in [7, 11) is 0. The number of carboxylic acids is 1. The van der Waals surface area contributed by atoms with E-state index in [9.17, 15) is 14.7 Å². The summed E-state index contributed by atoms with van der Waals surface area (Å²) in [6.07, 6.45) is 3.36. The number of amides is 1. The summed E-state index contributed by atoms with van der Waals surface area (Å²) in [5.41, 5.74) is 4.15. The van der Waals surface area contributed by atoms with Gasteiger partial charge in [-0.3, -0.25) is 14.5 Å². The lowest BCUT2D eigenvalue weighted by Crippen LogP contribution is -2.46. The van der Waals surface area contributed by atoms with E-state index in [1.165, 1.54) is 19.3 Å². The zero-order chi connectivity index (χ0) is 30.1. The Hall–Kier alpha value is -2.78. The largest absolute Gasteiger partial charge is 0.481 e. The number of carbonyl (C=O) groups is 2. The maximum atomic E-state index is 12.2. The molecule has 2 aromatic rings. The molecule has 0 radical (unpaired) electrons. The minimum atomic E-state index is -0.902. The Morgan fingerprint density at radius 1 is 0.976 bits per heavy atom. The molecule has 2 bridgehead atoms. The van der Waals surface area contributed by atoms with Gasteiger partial charge in [-0.2, -0.15) is 0 Å². The van der Waals surface area contributed by atoms with Gasteiger partial charge in [-0.15, -0.1) is 0 Å². The van der Waals surface area contributed by atoms with E-state index in [0.717, 1.165) is 29.8 Å². The van der Waals surface area contributed by atoms with E-state index in [-0.39, 0.29) is 43.5 Å². The van der Waals surface area contributed by atoms with Crippen LogP contribution in [0.5, 0.6) is 0 Å². The van der Waals surface area contributed by atoms with Crippen LogP contribution in [0.2, 0.25) is 0 Å². The number of aliphatic carboxylic acids is 1. The highest BCUT2D eigenvalue weighted by atomic mass is 16.7. The van der Waals surface area contributed by atoms with Crippen LogP contribution in [0.25, 0.3) is 0 Å². The Bertz CT molecular complexity index is 1250. The number of hydrogen-bond acceptors (Lipinski definition) is 6. The number of ether oxygens (including phenoxy) is 2. The number of likely N-dealkylation sites (tertiary alicyclic amines) is 1. The predicted molar refractivity (Wildman–Crippen MR) is 161 cm³/mol. The fourth-order valence-electron chi connectivity index (χ4n) is 7.70. The lowest BCUT2D eigenvalue weighted by Gasteiger charge is -2.43. The number of carboxylic acid groups (broad SMARTS) is 1. The number of rotatable bonds is 10. The van der Waals surface area contributed by atoms with Crippen LogP contribution in [0.15, 0.2) is 48.5 Å². The number of anilines is 1. The van der Waals surface area contributed by atoms with Gasteiger partial charge in [0.1, 0.15) is 0 Å². The highest BCUT2D eigenvalue weighted by molar-refractivity contribution is 5.90. The molecule has 3 fully saturated rings. The molecule has 2 saturated heterocycles. The third-order valence-electron chi connectivity index (χ3n) is 9.32. The van der Waals surface area contributed by atoms with Crippen LogP contribution < -0.4 is 5.32 Å². The molecule has 1 aliphatic carbocycles. The lowest BCUT2D eigenvalue weighted by molar-refractivity contribution is -0.276. The van der Waals surface area contributed by atoms with Gasteiger partial charge in [0.2, 0.25) is 5.91 Å². The molecule has 0 aromatic heterocycles. The van der Waals surface area contributed by atoms with E-state index in [1.54, 1.807) is 0 Å². The van der Waals surface area contributed by atoms with Crippen molar-refractivity contribution >= 4 is 17.6 Å². The number of carbonyl (C=O) groups excluding carboxylic acids is 1. The van der Waals surface area contributed by atoms with Crippen molar-refractivity contribution < 1.29 is 29.3 Å². The van der Waals surface area contributed by atoms with Crippen LogP contribution in [-0.2, 0) is 25.7 Å². The van der Waals surface area contributed by atoms with Gasteiger partial charge in [-0.1, -0.05) is 64.1 Å². The van der Waals surface area contributed by atoms with Gasteiger partial charge >= 0.3 is 5.97 Å². The van der Waals surface area contributed by atoms with Gasteiger partial charge in [0, 0.05) is 49.1 Å². The number of benzene rings is 2. The van der Waals surface area contributed by atoms with Crippen LogP contribution in [0, 0.1) is 16.7 Å². The van der Waals surface area contributed by atoms with E-state index in [0.29, 0.717) is 29.0 Å². The molecule has 8 heteroatoms. The Kier molecular flexibility index (Phi) is 9.09. The van der Waals surface area contributed by atoms with Crippen molar-refractivity contribution in [2.45, 2.75) is 97.4 Å². The van der Waals surface area contributed by atoms with Crippen LogP contribution in [0.4, 0.5) is 5.69 Å². The SMILES string of the molecule is CC1C(CN2CC3(C)CC2CC(C)(C)C3)OC(c2ccc(NC(=O)CCCC(=O)O)cc2)OC1c1ccc(CO)cc1. The molecule has 6 atom stereocenters. The number of aliphatic hydroxyl groups is 1. The third kappa shape index (κ3) is 7.22. The zero-order valence-corrected chi connectivity index (χ0v) is 25.3. The lowest BCUT2D eigenvalue weighted by atomic mass is 9.65. The molecule has 6 unspecified atom stereocenters. The summed E-state index contributed by atoms with van der Waals surface area (Å²) in [6, 6.07) is 16.1. The van der Waals surface area contributed by atoms with E-state index >= 15 is 0 Å². The zero-order valence-electron chi connectivity index (χ0n) is 25.3. The van der Waals surface area contributed by atoms with Crippen molar-refractivity contribution in [2.24, 2.45) is 16.7 Å². The van der Waals surface area contributed by atoms with Crippen molar-refractivity contribution in [3.8, 4) is 0 Å². The summed E-state index contributed by atoms with van der Waals surface area (Å²) >= 11 is 0. The number of aliphatic hydroxyl groups excluding tert-OH is 1. The average molecular weight is 579 g/mol. The number of nitrogens with zero attached hydrogens (tertiary/aromatic N) is 1. The molecule has 1 amide bonds. The Morgan fingerprint density at radius 2 is 1.67 bits per heavy atom. The van der Waals surface area contributed by atoms with Gasteiger partial charge in [0.25, 0.3) is 0 Å². The van der Waals surface area contributed by atoms with Gasteiger partial charge in [0.15, 0.2) is 6.29 Å². The molecule has 8 nitrogen and oxygen atoms in total. The first-order valence-electron chi connectivity index (χ1n) is 15.3. The van der Waals surface area contributed by atoms with Crippen molar-refractivity contribution in [3.05, 3.63) is 65.2 Å². The first-order valence-corrected chi connectivity index (χ1v) is 15.3. The molecule has 3 aliphatic rings. The van der Waals surface area contributed by atoms with E-state index in [1.807, 2.05) is 48.5 Å². The third-order valence-corrected chi connectivity index (χ3v) is 9.32. The highest BCUT2D eigenvalue weighted by Crippen LogP contribution is 2.53. The van der Waals surface area contributed by atoms with Crippen LogP contribution in [0.3, 0.4) is 0 Å². The Labute approximate surface area is 249 Å². The molecule has 1 saturated carbocycles. The summed E-state index contributed by atoms with van der Waals surface area (Å²) in [4.78, 5) is 25.6. The molecule has 2 aromatic carbocycles. The smallest absolute Gasteiger partial charge is 0.303 e. The highest BCUT2D eigenvalue weighted by Gasteiger charge is 2.51. The molecule has 5 rings (SSSR count). The molecule has 42 heavy (non-hydrogen) atoms. The van der Waals surface area contributed by atoms with Gasteiger partial charge < -0.3 is 25.0 Å². The predicted octanol–water partition coefficient (Wildman–Crippen LogP) is 6.06. The van der Waals surface area contributed by atoms with Crippen molar-refractivity contribution in [1.29, 1.82) is 0 Å². The minimum absolute atomic E-state index is 0.00360. The fraction of sp³-hybridized carbons (Fsp3) is 0.588. The second-order valence-electron chi connectivity index (χ2n) is 13.9. The monoisotopic (exact) mass is 578 g/mol. The fourth-order valence-corrected chi connectivity index (χ4v) is 7.70. The van der Waals surface area contributed by atoms with Crippen molar-refractivity contribution in [3.63, 3.8) is 0 Å². The molecular weight excluding hydrogens is 532 g/mol. The maximum absolute atomic E-state index is 12.2. The topological polar surface area (TPSA) is 108 Å². The van der Waals surface area contributed by atoms with Gasteiger partial charge in [0.05, 0.1) is 18.8 Å². The normalized spacial score (nSPS) is 30.6. The average Bonchev–Trinajstić information content (AvgIpc) is 3.17. The molecule has 2 heterocycles. The van der Waals surface area contributed by atoms with E-state index in [2.05, 4.69) is 37.9 Å². The first kappa shape index (κ1) is 30.7.